The summed E-state index contributed by atoms with van der Waals surface area (Å²) in [6.45, 7) is 0.247. The van der Waals surface area contributed by atoms with E-state index in [4.69, 9.17) is 32.7 Å². The van der Waals surface area contributed by atoms with Crippen molar-refractivity contribution in [2.45, 2.75) is 6.61 Å². The molecule has 162 valence electrons. The van der Waals surface area contributed by atoms with Crippen LogP contribution in [0.15, 0.2) is 70.7 Å². The minimum Gasteiger partial charge on any atom is -0.493 e. The van der Waals surface area contributed by atoms with Gasteiger partial charge < -0.3 is 14.8 Å². The van der Waals surface area contributed by atoms with Gasteiger partial charge in [0.15, 0.2) is 11.5 Å². The number of rotatable bonds is 7. The number of nitrogens with one attached hydrogen (secondary N) is 1. The molecule has 0 aliphatic carbocycles. The van der Waals surface area contributed by atoms with Crippen molar-refractivity contribution in [1.82, 2.24) is 0 Å². The van der Waals surface area contributed by atoms with E-state index in [1.165, 1.54) is 13.2 Å². The highest BCUT2D eigenvalue weighted by Gasteiger charge is 2.15. The third-order valence-corrected chi connectivity index (χ3v) is 5.57. The molecular formula is C24H17BrCl2N2O3. The van der Waals surface area contributed by atoms with E-state index >= 15 is 0 Å². The normalized spacial score (nSPS) is 10.9. The van der Waals surface area contributed by atoms with Gasteiger partial charge in [-0.2, -0.15) is 5.26 Å². The average Bonchev–Trinajstić information content (AvgIpc) is 2.78. The summed E-state index contributed by atoms with van der Waals surface area (Å²) >= 11 is 15.5. The number of nitrogens with zero attached hydrogens (tertiary/aromatic N) is 1. The molecule has 0 atom stereocenters. The molecule has 0 bridgehead atoms. The molecule has 8 heteroatoms. The first-order valence-corrected chi connectivity index (χ1v) is 10.9. The zero-order chi connectivity index (χ0) is 23.1. The SMILES string of the molecule is COc1cc(/C=C(/C#N)C(=O)Nc2ccc(Cl)cc2)cc(Br)c1OCc1ccccc1Cl. The summed E-state index contributed by atoms with van der Waals surface area (Å²) in [5.41, 5.74) is 1.88. The molecule has 0 aromatic heterocycles. The molecule has 0 spiro atoms. The van der Waals surface area contributed by atoms with Gasteiger partial charge in [-0.15, -0.1) is 0 Å². The Morgan fingerprint density at radius 2 is 1.88 bits per heavy atom. The lowest BCUT2D eigenvalue weighted by molar-refractivity contribution is -0.112. The van der Waals surface area contributed by atoms with Crippen LogP contribution in [0.2, 0.25) is 10.0 Å². The Balaban J connectivity index is 1.82. The average molecular weight is 532 g/mol. The van der Waals surface area contributed by atoms with Crippen LogP contribution in [0.5, 0.6) is 11.5 Å². The molecule has 3 aromatic carbocycles. The van der Waals surface area contributed by atoms with Crippen LogP contribution in [0.3, 0.4) is 0 Å². The lowest BCUT2D eigenvalue weighted by atomic mass is 10.1. The molecular weight excluding hydrogens is 515 g/mol. The maximum Gasteiger partial charge on any atom is 0.266 e. The molecule has 32 heavy (non-hydrogen) atoms. The number of carbonyl (C=O) groups is 1. The summed E-state index contributed by atoms with van der Waals surface area (Å²) in [6.07, 6.45) is 1.47. The summed E-state index contributed by atoms with van der Waals surface area (Å²) in [5, 5.41) is 13.3. The van der Waals surface area contributed by atoms with Crippen molar-refractivity contribution in [1.29, 1.82) is 5.26 Å². The van der Waals surface area contributed by atoms with Crippen LogP contribution in [-0.4, -0.2) is 13.0 Å². The van der Waals surface area contributed by atoms with E-state index in [1.54, 1.807) is 42.5 Å². The Morgan fingerprint density at radius 3 is 2.53 bits per heavy atom. The van der Waals surface area contributed by atoms with E-state index < -0.39 is 5.91 Å². The number of hydrogen-bond donors (Lipinski definition) is 1. The number of benzene rings is 3. The fourth-order valence-electron chi connectivity index (χ4n) is 2.78. The Labute approximate surface area is 204 Å². The zero-order valence-corrected chi connectivity index (χ0v) is 20.0. The Hall–Kier alpha value is -2.98. The molecule has 0 radical (unpaired) electrons. The number of methoxy groups -OCH3 is 1. The third-order valence-electron chi connectivity index (χ3n) is 4.36. The van der Waals surface area contributed by atoms with Crippen LogP contribution in [0.1, 0.15) is 11.1 Å². The van der Waals surface area contributed by atoms with Gasteiger partial charge in [-0.25, -0.2) is 0 Å². The van der Waals surface area contributed by atoms with Crippen LogP contribution in [0.4, 0.5) is 5.69 Å². The molecule has 0 saturated heterocycles. The van der Waals surface area contributed by atoms with Crippen LogP contribution in [-0.2, 0) is 11.4 Å². The van der Waals surface area contributed by atoms with Gasteiger partial charge in [0.25, 0.3) is 5.91 Å². The molecule has 0 unspecified atom stereocenters. The highest BCUT2D eigenvalue weighted by atomic mass is 79.9. The van der Waals surface area contributed by atoms with Crippen LogP contribution < -0.4 is 14.8 Å². The van der Waals surface area contributed by atoms with Crippen molar-refractivity contribution >= 4 is 56.8 Å². The van der Waals surface area contributed by atoms with Gasteiger partial charge in [0.05, 0.1) is 11.6 Å². The maximum atomic E-state index is 12.5. The van der Waals surface area contributed by atoms with Gasteiger partial charge in [0.2, 0.25) is 0 Å². The van der Waals surface area contributed by atoms with Crippen molar-refractivity contribution in [2.24, 2.45) is 0 Å². The summed E-state index contributed by atoms with van der Waals surface area (Å²) in [4.78, 5) is 12.5. The standard InChI is InChI=1S/C24H17BrCl2N2O3/c1-31-22-12-15(10-17(13-28)24(30)29-19-8-6-18(26)7-9-19)11-20(25)23(22)32-14-16-4-2-3-5-21(16)27/h2-12H,14H2,1H3,(H,29,30)/b17-10-. The lowest BCUT2D eigenvalue weighted by Crippen LogP contribution is -2.13. The highest BCUT2D eigenvalue weighted by molar-refractivity contribution is 9.10. The van der Waals surface area contributed by atoms with Gasteiger partial charge in [-0.05, 0) is 70.0 Å². The number of nitriles is 1. The number of amides is 1. The highest BCUT2D eigenvalue weighted by Crippen LogP contribution is 2.38. The monoisotopic (exact) mass is 530 g/mol. The van der Waals surface area contributed by atoms with Crippen LogP contribution in [0, 0.1) is 11.3 Å². The fraction of sp³-hybridized carbons (Fsp3) is 0.0833. The van der Waals surface area contributed by atoms with E-state index in [-0.39, 0.29) is 12.2 Å². The molecule has 5 nitrogen and oxygen atoms in total. The topological polar surface area (TPSA) is 71.3 Å². The molecule has 0 saturated carbocycles. The molecule has 1 amide bonds. The second-order valence-electron chi connectivity index (χ2n) is 6.55. The summed E-state index contributed by atoms with van der Waals surface area (Å²) < 4.78 is 12.0. The van der Waals surface area contributed by atoms with E-state index in [0.29, 0.717) is 37.3 Å². The van der Waals surface area contributed by atoms with E-state index in [0.717, 1.165) is 5.56 Å². The van der Waals surface area contributed by atoms with Crippen molar-refractivity contribution in [2.75, 3.05) is 12.4 Å². The summed E-state index contributed by atoms with van der Waals surface area (Å²) in [5.74, 6) is 0.380. The third kappa shape index (κ3) is 6.04. The van der Waals surface area contributed by atoms with E-state index in [9.17, 15) is 10.1 Å². The van der Waals surface area contributed by atoms with Crippen LogP contribution in [0.25, 0.3) is 6.08 Å². The quantitative estimate of drug-likeness (QED) is 0.266. The predicted molar refractivity (Wildman–Crippen MR) is 130 cm³/mol. The van der Waals surface area contributed by atoms with Gasteiger partial charge in [0.1, 0.15) is 18.2 Å². The van der Waals surface area contributed by atoms with Crippen molar-refractivity contribution in [3.8, 4) is 17.6 Å². The Bertz CT molecular complexity index is 1200. The first-order valence-electron chi connectivity index (χ1n) is 9.33. The summed E-state index contributed by atoms with van der Waals surface area (Å²) in [7, 11) is 1.51. The van der Waals surface area contributed by atoms with E-state index in [1.807, 2.05) is 24.3 Å². The van der Waals surface area contributed by atoms with Gasteiger partial charge in [0, 0.05) is 21.3 Å². The minimum absolute atomic E-state index is 0.0707. The summed E-state index contributed by atoms with van der Waals surface area (Å²) in [6, 6.07) is 19.3. The minimum atomic E-state index is -0.538. The number of hydrogen-bond acceptors (Lipinski definition) is 4. The second kappa shape index (κ2) is 11.1. The molecule has 3 rings (SSSR count). The van der Waals surface area contributed by atoms with Crippen molar-refractivity contribution < 1.29 is 14.3 Å². The predicted octanol–water partition coefficient (Wildman–Crippen LogP) is 6.89. The van der Waals surface area contributed by atoms with E-state index in [2.05, 4.69) is 21.2 Å². The number of ether oxygens (including phenoxy) is 2. The van der Waals surface area contributed by atoms with Gasteiger partial charge in [-0.3, -0.25) is 4.79 Å². The lowest BCUT2D eigenvalue weighted by Gasteiger charge is -2.14. The second-order valence-corrected chi connectivity index (χ2v) is 8.24. The molecule has 3 aromatic rings. The van der Waals surface area contributed by atoms with Crippen molar-refractivity contribution in [3.05, 3.63) is 91.9 Å². The Morgan fingerprint density at radius 1 is 1.16 bits per heavy atom. The smallest absolute Gasteiger partial charge is 0.266 e. The van der Waals surface area contributed by atoms with Gasteiger partial charge in [-0.1, -0.05) is 41.4 Å². The first-order chi connectivity index (χ1) is 15.4. The molecule has 0 fully saturated rings. The maximum absolute atomic E-state index is 12.5. The molecule has 0 aliphatic heterocycles. The first kappa shape index (κ1) is 23.7. The molecule has 0 heterocycles. The number of anilines is 1. The fourth-order valence-corrected chi connectivity index (χ4v) is 3.67. The molecule has 1 N–H and O–H groups in total. The van der Waals surface area contributed by atoms with Gasteiger partial charge >= 0.3 is 0 Å². The number of halogens is 3. The van der Waals surface area contributed by atoms with Crippen molar-refractivity contribution in [3.63, 3.8) is 0 Å². The number of carbonyl (C=O) groups excluding carboxylic acids is 1. The van der Waals surface area contributed by atoms with Crippen LogP contribution >= 0.6 is 39.1 Å². The largest absolute Gasteiger partial charge is 0.493 e. The Kier molecular flexibility index (Phi) is 8.18. The molecule has 0 aliphatic rings. The zero-order valence-electron chi connectivity index (χ0n) is 16.9.